The van der Waals surface area contributed by atoms with Crippen LogP contribution < -0.4 is 11.1 Å². The van der Waals surface area contributed by atoms with E-state index in [1.807, 2.05) is 0 Å². The van der Waals surface area contributed by atoms with Crippen molar-refractivity contribution in [1.82, 2.24) is 4.98 Å². The number of benzene rings is 1. The van der Waals surface area contributed by atoms with Gasteiger partial charge in [-0.2, -0.15) is 13.2 Å². The van der Waals surface area contributed by atoms with E-state index in [0.29, 0.717) is 0 Å². The number of nitrogens with two attached hydrogens (primary N) is 1. The van der Waals surface area contributed by atoms with Gasteiger partial charge in [-0.15, -0.1) is 0 Å². The Morgan fingerprint density at radius 3 is 2.45 bits per heavy atom. The van der Waals surface area contributed by atoms with E-state index < -0.39 is 11.7 Å². The summed E-state index contributed by atoms with van der Waals surface area (Å²) in [7, 11) is 0. The molecule has 0 aliphatic rings. The number of alkyl halides is 3. The normalized spacial score (nSPS) is 11.4. The van der Waals surface area contributed by atoms with Gasteiger partial charge in [-0.25, -0.2) is 4.98 Å². The standard InChI is InChI=1S/C12H8Cl2F3N3/c13-7-2-1-6(12(15,16)17)5-9(7)19-11-8(18)3-4-10(14)20-11/h1-5H,18H2,(H,19,20). The largest absolute Gasteiger partial charge is 0.416 e. The molecular weight excluding hydrogens is 314 g/mol. The lowest BCUT2D eigenvalue weighted by atomic mass is 10.2. The van der Waals surface area contributed by atoms with Gasteiger partial charge < -0.3 is 11.1 Å². The lowest BCUT2D eigenvalue weighted by Crippen LogP contribution is -2.06. The van der Waals surface area contributed by atoms with Crippen LogP contribution in [0.15, 0.2) is 30.3 Å². The smallest absolute Gasteiger partial charge is 0.396 e. The molecule has 8 heteroatoms. The van der Waals surface area contributed by atoms with E-state index in [1.54, 1.807) is 0 Å². The van der Waals surface area contributed by atoms with E-state index in [1.165, 1.54) is 12.1 Å². The maximum Gasteiger partial charge on any atom is 0.416 e. The van der Waals surface area contributed by atoms with E-state index in [4.69, 9.17) is 28.9 Å². The van der Waals surface area contributed by atoms with Gasteiger partial charge in [0.05, 0.1) is 22.0 Å². The van der Waals surface area contributed by atoms with Crippen LogP contribution in [0.5, 0.6) is 0 Å². The van der Waals surface area contributed by atoms with Crippen molar-refractivity contribution in [2.45, 2.75) is 6.18 Å². The summed E-state index contributed by atoms with van der Waals surface area (Å²) < 4.78 is 37.9. The molecular formula is C12H8Cl2F3N3. The van der Waals surface area contributed by atoms with Crippen LogP contribution in [-0.4, -0.2) is 4.98 Å². The summed E-state index contributed by atoms with van der Waals surface area (Å²) in [6.07, 6.45) is -4.46. The summed E-state index contributed by atoms with van der Waals surface area (Å²) in [6, 6.07) is 5.87. The Kier molecular flexibility index (Phi) is 3.96. The highest BCUT2D eigenvalue weighted by Gasteiger charge is 2.31. The van der Waals surface area contributed by atoms with Crippen LogP contribution in [0.2, 0.25) is 10.2 Å². The van der Waals surface area contributed by atoms with Gasteiger partial charge in [-0.05, 0) is 30.3 Å². The quantitative estimate of drug-likeness (QED) is 0.786. The molecule has 0 spiro atoms. The molecule has 0 radical (unpaired) electrons. The Morgan fingerprint density at radius 2 is 1.80 bits per heavy atom. The number of pyridine rings is 1. The maximum absolute atomic E-state index is 12.6. The van der Waals surface area contributed by atoms with Crippen LogP contribution in [0.4, 0.5) is 30.4 Å². The summed E-state index contributed by atoms with van der Waals surface area (Å²) in [5.41, 5.74) is 5.12. The number of anilines is 3. The topological polar surface area (TPSA) is 50.9 Å². The second kappa shape index (κ2) is 5.38. The van der Waals surface area contributed by atoms with Gasteiger partial charge in [0.2, 0.25) is 0 Å². The Labute approximate surface area is 122 Å². The van der Waals surface area contributed by atoms with Crippen molar-refractivity contribution in [2.24, 2.45) is 0 Å². The van der Waals surface area contributed by atoms with Crippen LogP contribution in [-0.2, 0) is 6.18 Å². The van der Waals surface area contributed by atoms with Crippen molar-refractivity contribution < 1.29 is 13.2 Å². The number of halogens is 5. The van der Waals surface area contributed by atoms with Gasteiger partial charge in [0.15, 0.2) is 5.82 Å². The van der Waals surface area contributed by atoms with Crippen LogP contribution in [0, 0.1) is 0 Å². The van der Waals surface area contributed by atoms with Crippen LogP contribution in [0.3, 0.4) is 0 Å². The van der Waals surface area contributed by atoms with Gasteiger partial charge in [-0.3, -0.25) is 0 Å². The predicted molar refractivity (Wildman–Crippen MR) is 73.4 cm³/mol. The van der Waals surface area contributed by atoms with Crippen molar-refractivity contribution in [3.63, 3.8) is 0 Å². The van der Waals surface area contributed by atoms with Crippen LogP contribution >= 0.6 is 23.2 Å². The van der Waals surface area contributed by atoms with Crippen molar-refractivity contribution in [3.05, 3.63) is 46.1 Å². The first-order chi connectivity index (χ1) is 9.27. The molecule has 3 nitrogen and oxygen atoms in total. The number of rotatable bonds is 2. The number of aromatic nitrogens is 1. The second-order valence-corrected chi connectivity index (χ2v) is 4.68. The molecule has 0 saturated heterocycles. The SMILES string of the molecule is Nc1ccc(Cl)nc1Nc1cc(C(F)(F)F)ccc1Cl. The molecule has 0 amide bonds. The third kappa shape index (κ3) is 3.26. The molecule has 0 aliphatic heterocycles. The molecule has 0 saturated carbocycles. The second-order valence-electron chi connectivity index (χ2n) is 3.89. The highest BCUT2D eigenvalue weighted by molar-refractivity contribution is 6.33. The average Bonchev–Trinajstić information content (AvgIpc) is 2.35. The maximum atomic E-state index is 12.6. The summed E-state index contributed by atoms with van der Waals surface area (Å²) in [5.74, 6) is 0.138. The van der Waals surface area contributed by atoms with E-state index in [2.05, 4.69) is 10.3 Å². The highest BCUT2D eigenvalue weighted by atomic mass is 35.5. The van der Waals surface area contributed by atoms with Gasteiger partial charge in [-0.1, -0.05) is 23.2 Å². The Morgan fingerprint density at radius 1 is 1.10 bits per heavy atom. The van der Waals surface area contributed by atoms with Crippen molar-refractivity contribution in [2.75, 3.05) is 11.1 Å². The minimum absolute atomic E-state index is 0.0444. The molecule has 2 aromatic rings. The number of nitrogen functional groups attached to an aromatic ring is 1. The lowest BCUT2D eigenvalue weighted by Gasteiger charge is -2.13. The van der Waals surface area contributed by atoms with E-state index in [0.717, 1.165) is 18.2 Å². The zero-order valence-electron chi connectivity index (χ0n) is 9.80. The molecule has 1 aromatic heterocycles. The first kappa shape index (κ1) is 14.7. The third-order valence-corrected chi connectivity index (χ3v) is 2.98. The average molecular weight is 322 g/mol. The Balaban J connectivity index is 2.40. The first-order valence-corrected chi connectivity index (χ1v) is 6.09. The van der Waals surface area contributed by atoms with Gasteiger partial charge in [0, 0.05) is 0 Å². The molecule has 1 aromatic carbocycles. The van der Waals surface area contributed by atoms with Gasteiger partial charge >= 0.3 is 6.18 Å². The van der Waals surface area contributed by atoms with E-state index >= 15 is 0 Å². The molecule has 0 unspecified atom stereocenters. The highest BCUT2D eigenvalue weighted by Crippen LogP contribution is 2.35. The fourth-order valence-corrected chi connectivity index (χ4v) is 1.78. The zero-order valence-corrected chi connectivity index (χ0v) is 11.3. The predicted octanol–water partition coefficient (Wildman–Crippen LogP) is 4.73. The molecule has 0 atom stereocenters. The Hall–Kier alpha value is -1.66. The number of nitrogens with zero attached hydrogens (tertiary/aromatic N) is 1. The van der Waals surface area contributed by atoms with Crippen LogP contribution in [0.25, 0.3) is 0 Å². The molecule has 3 N–H and O–H groups in total. The van der Waals surface area contributed by atoms with E-state index in [9.17, 15) is 13.2 Å². The van der Waals surface area contributed by atoms with Crippen molar-refractivity contribution >= 4 is 40.4 Å². The third-order valence-electron chi connectivity index (χ3n) is 2.44. The monoisotopic (exact) mass is 321 g/mol. The zero-order chi connectivity index (χ0) is 14.9. The first-order valence-electron chi connectivity index (χ1n) is 5.33. The van der Waals surface area contributed by atoms with Crippen molar-refractivity contribution in [3.8, 4) is 0 Å². The number of nitrogens with one attached hydrogen (secondary N) is 1. The molecule has 0 bridgehead atoms. The molecule has 2 rings (SSSR count). The fraction of sp³-hybridized carbons (Fsp3) is 0.0833. The summed E-state index contributed by atoms with van der Waals surface area (Å²) >= 11 is 11.6. The minimum atomic E-state index is -4.46. The van der Waals surface area contributed by atoms with Crippen molar-refractivity contribution in [1.29, 1.82) is 0 Å². The van der Waals surface area contributed by atoms with Gasteiger partial charge in [0.1, 0.15) is 5.15 Å². The van der Waals surface area contributed by atoms with E-state index in [-0.39, 0.29) is 27.4 Å². The molecule has 0 aliphatic carbocycles. The summed E-state index contributed by atoms with van der Waals surface area (Å²) in [6.45, 7) is 0. The minimum Gasteiger partial charge on any atom is -0.396 e. The molecule has 106 valence electrons. The number of hydrogen-bond donors (Lipinski definition) is 2. The summed E-state index contributed by atoms with van der Waals surface area (Å²) in [4.78, 5) is 3.89. The molecule has 0 fully saturated rings. The van der Waals surface area contributed by atoms with Gasteiger partial charge in [0.25, 0.3) is 0 Å². The molecule has 1 heterocycles. The lowest BCUT2D eigenvalue weighted by molar-refractivity contribution is -0.137. The summed E-state index contributed by atoms with van der Waals surface area (Å²) in [5, 5.41) is 2.91. The number of hydrogen-bond acceptors (Lipinski definition) is 3. The van der Waals surface area contributed by atoms with Crippen LogP contribution in [0.1, 0.15) is 5.56 Å². The molecule has 20 heavy (non-hydrogen) atoms. The Bertz CT molecular complexity index is 644. The fourth-order valence-electron chi connectivity index (χ4n) is 1.47.